The van der Waals surface area contributed by atoms with E-state index in [4.69, 9.17) is 0 Å². The number of carbonyl (C=O) groups excluding carboxylic acids is 1. The van der Waals surface area contributed by atoms with Crippen molar-refractivity contribution >= 4 is 28.3 Å². The third-order valence-corrected chi connectivity index (χ3v) is 5.06. The molecule has 1 amide bonds. The molecule has 2 N–H and O–H groups in total. The molecule has 1 aromatic heterocycles. The first kappa shape index (κ1) is 12.3. The molecule has 2 bridgehead atoms. The molecule has 1 saturated carbocycles. The lowest BCUT2D eigenvalue weighted by Gasteiger charge is -2.33. The lowest BCUT2D eigenvalue weighted by Crippen LogP contribution is -2.45. The van der Waals surface area contributed by atoms with Gasteiger partial charge in [0, 0.05) is 11.6 Å². The highest BCUT2D eigenvalue weighted by Gasteiger charge is 2.60. The van der Waals surface area contributed by atoms with Gasteiger partial charge in [0.15, 0.2) is 5.13 Å². The number of hydrogen-bond acceptors (Lipinski definition) is 4. The van der Waals surface area contributed by atoms with Crippen LogP contribution in [0.1, 0.15) is 13.3 Å². The number of aromatic nitrogens is 1. The Hall–Kier alpha value is -1.69. The molecule has 1 heterocycles. The van der Waals surface area contributed by atoms with Crippen molar-refractivity contribution in [2.24, 2.45) is 23.2 Å². The molecule has 3 rings (SSSR count). The normalized spacial score (nSPS) is 35.5. The summed E-state index contributed by atoms with van der Waals surface area (Å²) in [6.45, 7) is 1.68. The zero-order chi connectivity index (χ0) is 13.6. The van der Waals surface area contributed by atoms with E-state index >= 15 is 0 Å². The minimum Gasteiger partial charge on any atom is -0.481 e. The number of amides is 1. The molecular weight excluding hydrogens is 264 g/mol. The van der Waals surface area contributed by atoms with Crippen LogP contribution in [0.4, 0.5) is 5.13 Å². The average molecular weight is 278 g/mol. The number of rotatable bonds is 3. The SMILES string of the molecule is C[C@@]1(C(=O)O)[C@@H]2C=C[C@@H](C2)[C@@H]1C(=O)Nc1nccs1. The van der Waals surface area contributed by atoms with Gasteiger partial charge in [-0.15, -0.1) is 11.3 Å². The molecule has 0 unspecified atom stereocenters. The molecule has 2 aliphatic carbocycles. The van der Waals surface area contributed by atoms with Crippen LogP contribution in [-0.4, -0.2) is 22.0 Å². The maximum Gasteiger partial charge on any atom is 0.310 e. The van der Waals surface area contributed by atoms with E-state index in [0.29, 0.717) is 5.13 Å². The summed E-state index contributed by atoms with van der Waals surface area (Å²) in [5.41, 5.74) is -1.01. The first-order chi connectivity index (χ1) is 9.03. The highest BCUT2D eigenvalue weighted by Crippen LogP contribution is 2.56. The van der Waals surface area contributed by atoms with Crippen molar-refractivity contribution in [3.8, 4) is 0 Å². The number of carboxylic acid groups (broad SMARTS) is 1. The Balaban J connectivity index is 1.88. The van der Waals surface area contributed by atoms with Crippen LogP contribution < -0.4 is 5.32 Å². The minimum absolute atomic E-state index is 0.0195. The van der Waals surface area contributed by atoms with Crippen molar-refractivity contribution in [1.29, 1.82) is 0 Å². The van der Waals surface area contributed by atoms with Crippen molar-refractivity contribution in [3.05, 3.63) is 23.7 Å². The number of nitrogens with zero attached hydrogens (tertiary/aromatic N) is 1. The van der Waals surface area contributed by atoms with Gasteiger partial charge in [0.05, 0.1) is 11.3 Å². The Morgan fingerprint density at radius 1 is 1.53 bits per heavy atom. The number of thiazole rings is 1. The third kappa shape index (κ3) is 1.70. The summed E-state index contributed by atoms with van der Waals surface area (Å²) in [5.74, 6) is -1.70. The van der Waals surface area contributed by atoms with Crippen LogP contribution in [0.15, 0.2) is 23.7 Å². The van der Waals surface area contributed by atoms with Crippen molar-refractivity contribution in [3.63, 3.8) is 0 Å². The van der Waals surface area contributed by atoms with Gasteiger partial charge in [-0.1, -0.05) is 12.2 Å². The van der Waals surface area contributed by atoms with Gasteiger partial charge in [0.1, 0.15) is 0 Å². The Morgan fingerprint density at radius 2 is 2.32 bits per heavy atom. The Morgan fingerprint density at radius 3 is 2.95 bits per heavy atom. The molecule has 100 valence electrons. The van der Waals surface area contributed by atoms with Crippen LogP contribution in [-0.2, 0) is 9.59 Å². The van der Waals surface area contributed by atoms with E-state index in [1.165, 1.54) is 11.3 Å². The van der Waals surface area contributed by atoms with E-state index in [1.54, 1.807) is 18.5 Å². The molecule has 0 radical (unpaired) electrons. The lowest BCUT2D eigenvalue weighted by molar-refractivity contribution is -0.155. The first-order valence-corrected chi connectivity index (χ1v) is 7.03. The molecule has 0 aliphatic heterocycles. The zero-order valence-corrected chi connectivity index (χ0v) is 11.2. The summed E-state index contributed by atoms with van der Waals surface area (Å²) in [7, 11) is 0. The third-order valence-electron chi connectivity index (χ3n) is 4.37. The molecule has 19 heavy (non-hydrogen) atoms. The zero-order valence-electron chi connectivity index (χ0n) is 10.4. The predicted octanol–water partition coefficient (Wildman–Crippen LogP) is 1.99. The van der Waals surface area contributed by atoms with Gasteiger partial charge < -0.3 is 10.4 Å². The number of anilines is 1. The average Bonchev–Trinajstić information content (AvgIpc) is 3.03. The second-order valence-corrected chi connectivity index (χ2v) is 6.18. The number of allylic oxidation sites excluding steroid dienone is 2. The fourth-order valence-corrected chi connectivity index (χ4v) is 3.85. The monoisotopic (exact) mass is 278 g/mol. The van der Waals surface area contributed by atoms with E-state index in [0.717, 1.165) is 6.42 Å². The Kier molecular flexibility index (Phi) is 2.70. The Bertz CT molecular complexity index is 554. The van der Waals surface area contributed by atoms with E-state index in [-0.39, 0.29) is 17.7 Å². The van der Waals surface area contributed by atoms with Crippen molar-refractivity contribution in [2.75, 3.05) is 5.32 Å². The molecule has 0 aromatic carbocycles. The molecule has 4 atom stereocenters. The van der Waals surface area contributed by atoms with Gasteiger partial charge in [0.25, 0.3) is 0 Å². The van der Waals surface area contributed by atoms with Crippen molar-refractivity contribution in [1.82, 2.24) is 4.98 Å². The van der Waals surface area contributed by atoms with Crippen LogP contribution in [0.2, 0.25) is 0 Å². The number of nitrogens with one attached hydrogen (secondary N) is 1. The Labute approximate surface area is 114 Å². The number of hydrogen-bond donors (Lipinski definition) is 2. The van der Waals surface area contributed by atoms with Crippen LogP contribution in [0, 0.1) is 23.2 Å². The molecular formula is C13H14N2O3S. The molecule has 5 nitrogen and oxygen atoms in total. The fourth-order valence-electron chi connectivity index (χ4n) is 3.32. The summed E-state index contributed by atoms with van der Waals surface area (Å²) in [5, 5.41) is 14.5. The summed E-state index contributed by atoms with van der Waals surface area (Å²) in [4.78, 5) is 28.0. The van der Waals surface area contributed by atoms with Gasteiger partial charge >= 0.3 is 5.97 Å². The second kappa shape index (κ2) is 4.16. The quantitative estimate of drug-likeness (QED) is 0.829. The largest absolute Gasteiger partial charge is 0.481 e. The van der Waals surface area contributed by atoms with E-state index in [9.17, 15) is 14.7 Å². The highest BCUT2D eigenvalue weighted by molar-refractivity contribution is 7.13. The summed E-state index contributed by atoms with van der Waals surface area (Å²) in [6, 6.07) is 0. The smallest absolute Gasteiger partial charge is 0.310 e. The van der Waals surface area contributed by atoms with Crippen LogP contribution in [0.25, 0.3) is 0 Å². The topological polar surface area (TPSA) is 79.3 Å². The van der Waals surface area contributed by atoms with Gasteiger partial charge in [-0.3, -0.25) is 9.59 Å². The minimum atomic E-state index is -1.01. The van der Waals surface area contributed by atoms with E-state index in [2.05, 4.69) is 10.3 Å². The second-order valence-electron chi connectivity index (χ2n) is 5.28. The summed E-state index contributed by atoms with van der Waals surface area (Å²) < 4.78 is 0. The number of fused-ring (bicyclic) bond motifs is 2. The first-order valence-electron chi connectivity index (χ1n) is 6.15. The van der Waals surface area contributed by atoms with Crippen LogP contribution in [0.5, 0.6) is 0 Å². The number of carboxylic acids is 1. The predicted molar refractivity (Wildman–Crippen MR) is 70.7 cm³/mol. The van der Waals surface area contributed by atoms with Crippen molar-refractivity contribution < 1.29 is 14.7 Å². The number of carbonyl (C=O) groups is 2. The molecule has 2 aliphatic rings. The van der Waals surface area contributed by atoms with Gasteiger partial charge in [-0.05, 0) is 25.2 Å². The summed E-state index contributed by atoms with van der Waals surface area (Å²) in [6.07, 6.45) is 6.27. The highest BCUT2D eigenvalue weighted by atomic mass is 32.1. The summed E-state index contributed by atoms with van der Waals surface area (Å²) >= 11 is 1.33. The number of aliphatic carboxylic acids is 1. The van der Waals surface area contributed by atoms with Crippen LogP contribution >= 0.6 is 11.3 Å². The molecule has 0 saturated heterocycles. The molecule has 6 heteroatoms. The van der Waals surface area contributed by atoms with Gasteiger partial charge in [-0.2, -0.15) is 0 Å². The van der Waals surface area contributed by atoms with Gasteiger partial charge in [0.2, 0.25) is 5.91 Å². The van der Waals surface area contributed by atoms with Gasteiger partial charge in [-0.25, -0.2) is 4.98 Å². The van der Waals surface area contributed by atoms with Crippen molar-refractivity contribution in [2.45, 2.75) is 13.3 Å². The van der Waals surface area contributed by atoms with E-state index < -0.39 is 17.3 Å². The van der Waals surface area contributed by atoms with Crippen LogP contribution in [0.3, 0.4) is 0 Å². The lowest BCUT2D eigenvalue weighted by atomic mass is 9.69. The standard InChI is InChI=1S/C13H14N2O3S/c1-13(11(17)18)8-3-2-7(6-8)9(13)10(16)15-12-14-4-5-19-12/h2-5,7-9H,6H2,1H3,(H,17,18)(H,14,15,16)/t7-,8+,9+,13+/m0/s1. The fraction of sp³-hybridized carbons (Fsp3) is 0.462. The van der Waals surface area contributed by atoms with E-state index in [1.807, 2.05) is 12.2 Å². The molecule has 0 spiro atoms. The molecule has 1 aromatic rings. The molecule has 1 fully saturated rings. The maximum absolute atomic E-state index is 12.4. The maximum atomic E-state index is 12.4.